The number of hydrogen-bond acceptors (Lipinski definition) is 6. The molecule has 222 valence electrons. The van der Waals surface area contributed by atoms with E-state index in [1.165, 1.54) is 22.8 Å². The molecule has 3 aromatic rings. The molecule has 4 aliphatic heterocycles. The maximum atomic E-state index is 14.2. The quantitative estimate of drug-likeness (QED) is 0.434. The molecule has 3 saturated heterocycles. The predicted octanol–water partition coefficient (Wildman–Crippen LogP) is 1.99. The molecule has 3 unspecified atom stereocenters. The van der Waals surface area contributed by atoms with Crippen LogP contribution in [0.3, 0.4) is 0 Å². The van der Waals surface area contributed by atoms with Crippen LogP contribution in [0.25, 0.3) is 16.5 Å². The number of aromatic amines is 1. The number of nitrogens with one attached hydrogen (secondary N) is 2. The number of rotatable bonds is 4. The maximum absolute atomic E-state index is 14.2. The minimum atomic E-state index is -2.04. The van der Waals surface area contributed by atoms with Crippen molar-refractivity contribution >= 4 is 34.2 Å². The zero-order chi connectivity index (χ0) is 29.7. The third kappa shape index (κ3) is 3.79. The molecule has 10 heteroatoms. The number of benzene rings is 2. The molecule has 0 radical (unpaired) electrons. The number of hydrogen-bond donors (Lipinski definition) is 3. The van der Waals surface area contributed by atoms with E-state index in [0.717, 1.165) is 28.6 Å². The highest BCUT2D eigenvalue weighted by Gasteiger charge is 2.70. The van der Waals surface area contributed by atoms with Crippen molar-refractivity contribution in [2.45, 2.75) is 62.4 Å². The van der Waals surface area contributed by atoms with Crippen LogP contribution >= 0.6 is 0 Å². The van der Waals surface area contributed by atoms with Crippen molar-refractivity contribution in [2.75, 3.05) is 20.1 Å². The average molecular weight is 582 g/mol. The van der Waals surface area contributed by atoms with Crippen LogP contribution in [0.5, 0.6) is 0 Å². The summed E-state index contributed by atoms with van der Waals surface area (Å²) in [7, 11) is 2.02. The number of amides is 3. The molecule has 0 bridgehead atoms. The number of nitrogens with zero attached hydrogens (tertiary/aromatic N) is 3. The molecule has 3 N–H and O–H groups in total. The summed E-state index contributed by atoms with van der Waals surface area (Å²) in [5.74, 6) is -3.77. The zero-order valence-corrected chi connectivity index (χ0v) is 24.2. The van der Waals surface area contributed by atoms with E-state index < -0.39 is 35.5 Å². The Labute approximate surface area is 249 Å². The molecule has 8 rings (SSSR count). The average Bonchev–Trinajstić information content (AvgIpc) is 3.70. The Bertz CT molecular complexity index is 1700. The van der Waals surface area contributed by atoms with Crippen LogP contribution in [0, 0.1) is 5.92 Å². The monoisotopic (exact) mass is 581 g/mol. The van der Waals surface area contributed by atoms with Crippen molar-refractivity contribution in [2.24, 2.45) is 5.92 Å². The Morgan fingerprint density at radius 2 is 1.98 bits per heavy atom. The van der Waals surface area contributed by atoms with Gasteiger partial charge in [0.05, 0.1) is 5.92 Å². The Balaban J connectivity index is 1.11. The van der Waals surface area contributed by atoms with E-state index in [2.05, 4.69) is 33.5 Å². The van der Waals surface area contributed by atoms with E-state index in [0.29, 0.717) is 25.9 Å². The molecule has 0 spiro atoms. The van der Waals surface area contributed by atoms with Gasteiger partial charge in [0.15, 0.2) is 0 Å². The lowest BCUT2D eigenvalue weighted by atomic mass is 9.79. The van der Waals surface area contributed by atoms with Crippen LogP contribution in [0.15, 0.2) is 60.8 Å². The number of aliphatic hydroxyl groups is 1. The summed E-state index contributed by atoms with van der Waals surface area (Å²) in [5.41, 5.74) is 3.58. The lowest BCUT2D eigenvalue weighted by Gasteiger charge is -2.48. The van der Waals surface area contributed by atoms with Gasteiger partial charge in [-0.1, -0.05) is 48.5 Å². The van der Waals surface area contributed by atoms with Gasteiger partial charge in [-0.15, -0.1) is 0 Å². The molecule has 3 amide bonds. The molecule has 1 aliphatic carbocycles. The van der Waals surface area contributed by atoms with E-state index in [4.69, 9.17) is 4.74 Å². The summed E-state index contributed by atoms with van der Waals surface area (Å²) in [5, 5.41) is 16.1. The van der Waals surface area contributed by atoms with Gasteiger partial charge in [0, 0.05) is 42.7 Å². The van der Waals surface area contributed by atoms with Gasteiger partial charge in [-0.2, -0.15) is 0 Å². The van der Waals surface area contributed by atoms with Crippen LogP contribution in [-0.2, 0) is 32.0 Å². The molecule has 43 heavy (non-hydrogen) atoms. The van der Waals surface area contributed by atoms with Crippen molar-refractivity contribution in [3.05, 3.63) is 77.5 Å². The number of carbonyl (C=O) groups is 3. The van der Waals surface area contributed by atoms with Gasteiger partial charge in [-0.3, -0.25) is 28.9 Å². The topological polar surface area (TPSA) is 118 Å². The Morgan fingerprint density at radius 3 is 2.79 bits per heavy atom. The number of piperazine rings is 1. The van der Waals surface area contributed by atoms with Crippen molar-refractivity contribution in [3.63, 3.8) is 0 Å². The molecule has 6 atom stereocenters. The highest BCUT2D eigenvalue weighted by Crippen LogP contribution is 2.46. The molecule has 5 aliphatic rings. The van der Waals surface area contributed by atoms with Gasteiger partial charge in [-0.05, 0) is 61.6 Å². The van der Waals surface area contributed by atoms with Crippen LogP contribution in [-0.4, -0.2) is 92.4 Å². The molecule has 5 heterocycles. The Hall–Kier alpha value is -3.99. The standard InChI is InChI=1S/C33H35N5O5/c1-32(35-29(39)21-15-23-22-10-6-11-24-28(22)20(17-34-24)16-25(23)36(2)18-21)31(41)38-26(14-19-8-4-3-5-9-19)30(40)37-13-7-12-27(37)33(38,42)43-32/h3-6,8-11,15,17,21,25-27,34,42H,7,12-14,16,18H2,1-2H3,(H,35,39)/t21-,25?,26+,27?,32?,33+/m1/s1. The minimum absolute atomic E-state index is 0.144. The molecule has 0 saturated carbocycles. The van der Waals surface area contributed by atoms with Gasteiger partial charge < -0.3 is 20.3 Å². The summed E-state index contributed by atoms with van der Waals surface area (Å²) in [6.07, 6.45) is 6.38. The zero-order valence-electron chi connectivity index (χ0n) is 24.2. The first kappa shape index (κ1) is 26.6. The Morgan fingerprint density at radius 1 is 1.16 bits per heavy atom. The lowest BCUT2D eigenvalue weighted by Crippen LogP contribution is -2.71. The number of likely N-dealkylation sites (N-methyl/N-ethyl adjacent to an activating group) is 1. The van der Waals surface area contributed by atoms with Crippen LogP contribution < -0.4 is 5.32 Å². The predicted molar refractivity (Wildman–Crippen MR) is 158 cm³/mol. The number of H-pyrrole nitrogens is 1. The van der Waals surface area contributed by atoms with Gasteiger partial charge in [0.1, 0.15) is 12.1 Å². The van der Waals surface area contributed by atoms with Crippen LogP contribution in [0.4, 0.5) is 0 Å². The molecule has 2 aromatic carbocycles. The van der Waals surface area contributed by atoms with Crippen molar-refractivity contribution in [3.8, 4) is 0 Å². The lowest BCUT2D eigenvalue weighted by molar-refractivity contribution is -0.315. The molecule has 3 fully saturated rings. The highest BCUT2D eigenvalue weighted by atomic mass is 16.7. The molecule has 1 aromatic heterocycles. The third-order valence-corrected chi connectivity index (χ3v) is 10.1. The number of aromatic nitrogens is 1. The summed E-state index contributed by atoms with van der Waals surface area (Å²) in [6, 6.07) is 14.1. The molecule has 10 nitrogen and oxygen atoms in total. The smallest absolute Gasteiger partial charge is 0.280 e. The fraction of sp³-hybridized carbons (Fsp3) is 0.424. The van der Waals surface area contributed by atoms with E-state index in [1.807, 2.05) is 49.5 Å². The number of fused-ring (bicyclic) bond motifs is 5. The molecular formula is C33H35N5O5. The summed E-state index contributed by atoms with van der Waals surface area (Å²) in [4.78, 5) is 50.2. The van der Waals surface area contributed by atoms with E-state index in [-0.39, 0.29) is 24.3 Å². The SMILES string of the molecule is CN1C[C@H](C(=O)NC2(C)O[C@@]3(O)C4CCCN4C(=O)[C@H](Cc4ccccc4)N3C2=O)C=C2c3cccc4[nH]cc(c34)CC21. The van der Waals surface area contributed by atoms with Gasteiger partial charge >= 0.3 is 0 Å². The first-order valence-corrected chi connectivity index (χ1v) is 15.1. The number of carbonyl (C=O) groups excluding carboxylic acids is 3. The first-order chi connectivity index (χ1) is 20.7. The second kappa shape index (κ2) is 9.25. The molecular weight excluding hydrogens is 546 g/mol. The van der Waals surface area contributed by atoms with Gasteiger partial charge in [0.25, 0.3) is 11.8 Å². The second-order valence-corrected chi connectivity index (χ2v) is 12.8. The first-order valence-electron chi connectivity index (χ1n) is 15.1. The number of ether oxygens (including phenoxy) is 1. The fourth-order valence-electron chi connectivity index (χ4n) is 8.12. The largest absolute Gasteiger partial charge is 0.361 e. The van der Waals surface area contributed by atoms with E-state index >= 15 is 0 Å². The third-order valence-electron chi connectivity index (χ3n) is 10.1. The van der Waals surface area contributed by atoms with Crippen molar-refractivity contribution in [1.82, 2.24) is 25.0 Å². The summed E-state index contributed by atoms with van der Waals surface area (Å²) in [6.45, 7) is 2.45. The minimum Gasteiger partial charge on any atom is -0.361 e. The Kier molecular flexibility index (Phi) is 5.73. The summed E-state index contributed by atoms with van der Waals surface area (Å²) >= 11 is 0. The van der Waals surface area contributed by atoms with E-state index in [1.54, 1.807) is 4.90 Å². The normalized spacial score (nSPS) is 33.3. The van der Waals surface area contributed by atoms with Crippen LogP contribution in [0.1, 0.15) is 36.5 Å². The van der Waals surface area contributed by atoms with Crippen molar-refractivity contribution < 1.29 is 24.2 Å². The van der Waals surface area contributed by atoms with E-state index in [9.17, 15) is 19.5 Å². The fourth-order valence-corrected chi connectivity index (χ4v) is 8.12. The van der Waals surface area contributed by atoms with Gasteiger partial charge in [-0.25, -0.2) is 0 Å². The van der Waals surface area contributed by atoms with Crippen LogP contribution in [0.2, 0.25) is 0 Å². The summed E-state index contributed by atoms with van der Waals surface area (Å²) < 4.78 is 6.23. The highest BCUT2D eigenvalue weighted by molar-refractivity contribution is 6.00. The second-order valence-electron chi connectivity index (χ2n) is 12.8. The van der Waals surface area contributed by atoms with Gasteiger partial charge in [0.2, 0.25) is 17.5 Å². The maximum Gasteiger partial charge on any atom is 0.280 e. The van der Waals surface area contributed by atoms with Crippen molar-refractivity contribution in [1.29, 1.82) is 0 Å².